The van der Waals surface area contributed by atoms with Crippen molar-refractivity contribution in [1.29, 1.82) is 0 Å². The van der Waals surface area contributed by atoms with Crippen molar-refractivity contribution >= 4 is 29.2 Å². The lowest BCUT2D eigenvalue weighted by Gasteiger charge is -2.29. The zero-order chi connectivity index (χ0) is 18.4. The molecule has 0 heterocycles. The smallest absolute Gasteiger partial charge is 0.321 e. The minimum absolute atomic E-state index is 0.0162. The molecule has 2 atom stereocenters. The Hall–Kier alpha value is -2.35. The Kier molecular flexibility index (Phi) is 6.58. The molecule has 0 aromatic heterocycles. The van der Waals surface area contributed by atoms with Crippen LogP contribution in [0.15, 0.2) is 18.2 Å². The van der Waals surface area contributed by atoms with Crippen molar-refractivity contribution in [2.24, 2.45) is 5.92 Å². The quantitative estimate of drug-likeness (QED) is 0.612. The van der Waals surface area contributed by atoms with Gasteiger partial charge in [-0.15, -0.1) is 0 Å². The molecule has 0 saturated heterocycles. The van der Waals surface area contributed by atoms with Crippen LogP contribution in [0.2, 0.25) is 5.02 Å². The van der Waals surface area contributed by atoms with Gasteiger partial charge in [0.25, 0.3) is 11.6 Å². The number of nitro benzene ring substituents is 1. The standard InChI is InChI=1S/C16H20ClN3O5/c1-10-4-2-3-5-13(10)18-16(22)19-15(21)9-25-14-7-6-11(20(23)24)8-12(14)17/h6-8,10,13H,2-5,9H2,1H3,(H2,18,19,21,22)/t10-,13+/m0/s1. The first-order valence-corrected chi connectivity index (χ1v) is 8.41. The summed E-state index contributed by atoms with van der Waals surface area (Å²) in [7, 11) is 0. The van der Waals surface area contributed by atoms with Gasteiger partial charge in [-0.05, 0) is 24.8 Å². The van der Waals surface area contributed by atoms with Crippen LogP contribution >= 0.6 is 11.6 Å². The fraction of sp³-hybridized carbons (Fsp3) is 0.500. The van der Waals surface area contributed by atoms with Crippen molar-refractivity contribution in [3.8, 4) is 5.75 Å². The number of rotatable bonds is 5. The van der Waals surface area contributed by atoms with Crippen LogP contribution in [0, 0.1) is 16.0 Å². The van der Waals surface area contributed by atoms with Gasteiger partial charge >= 0.3 is 6.03 Å². The van der Waals surface area contributed by atoms with Gasteiger partial charge < -0.3 is 10.1 Å². The first-order valence-electron chi connectivity index (χ1n) is 8.04. The van der Waals surface area contributed by atoms with E-state index in [4.69, 9.17) is 16.3 Å². The maximum Gasteiger partial charge on any atom is 0.321 e. The topological polar surface area (TPSA) is 111 Å². The van der Waals surface area contributed by atoms with Crippen LogP contribution in [0.1, 0.15) is 32.6 Å². The fourth-order valence-electron chi connectivity index (χ4n) is 2.76. The van der Waals surface area contributed by atoms with Gasteiger partial charge in [-0.2, -0.15) is 0 Å². The summed E-state index contributed by atoms with van der Waals surface area (Å²) < 4.78 is 5.20. The number of hydrogen-bond acceptors (Lipinski definition) is 5. The third-order valence-electron chi connectivity index (χ3n) is 4.17. The van der Waals surface area contributed by atoms with Crippen LogP contribution < -0.4 is 15.4 Å². The number of nitrogens with zero attached hydrogens (tertiary/aromatic N) is 1. The van der Waals surface area contributed by atoms with Crippen LogP contribution in [0.3, 0.4) is 0 Å². The minimum Gasteiger partial charge on any atom is -0.482 e. The van der Waals surface area contributed by atoms with Gasteiger partial charge in [0.05, 0.1) is 9.95 Å². The lowest BCUT2D eigenvalue weighted by molar-refractivity contribution is -0.384. The number of urea groups is 1. The number of nitro groups is 1. The van der Waals surface area contributed by atoms with Gasteiger partial charge in [-0.25, -0.2) is 4.79 Å². The van der Waals surface area contributed by atoms with Gasteiger partial charge in [-0.3, -0.25) is 20.2 Å². The Bertz CT molecular complexity index is 667. The Morgan fingerprint density at radius 3 is 2.72 bits per heavy atom. The Morgan fingerprint density at radius 2 is 2.08 bits per heavy atom. The number of nitrogens with one attached hydrogen (secondary N) is 2. The van der Waals surface area contributed by atoms with Gasteiger partial charge in [-0.1, -0.05) is 31.4 Å². The van der Waals surface area contributed by atoms with E-state index in [9.17, 15) is 19.7 Å². The van der Waals surface area contributed by atoms with Crippen molar-refractivity contribution in [2.75, 3.05) is 6.61 Å². The average molecular weight is 370 g/mol. The summed E-state index contributed by atoms with van der Waals surface area (Å²) >= 11 is 5.87. The van der Waals surface area contributed by atoms with Crippen LogP contribution in [0.4, 0.5) is 10.5 Å². The van der Waals surface area contributed by atoms with Gasteiger partial charge in [0, 0.05) is 18.2 Å². The number of benzene rings is 1. The monoisotopic (exact) mass is 369 g/mol. The average Bonchev–Trinajstić information content (AvgIpc) is 2.55. The van der Waals surface area contributed by atoms with E-state index in [-0.39, 0.29) is 22.5 Å². The van der Waals surface area contributed by atoms with E-state index >= 15 is 0 Å². The molecule has 0 bridgehead atoms. The minimum atomic E-state index is -0.629. The summed E-state index contributed by atoms with van der Waals surface area (Å²) in [6.45, 7) is 1.65. The fourth-order valence-corrected chi connectivity index (χ4v) is 2.99. The Labute approximate surface area is 150 Å². The molecule has 2 N–H and O–H groups in total. The summed E-state index contributed by atoms with van der Waals surface area (Å²) in [5.74, 6) is -0.121. The molecular formula is C16H20ClN3O5. The Morgan fingerprint density at radius 1 is 1.36 bits per heavy atom. The number of amides is 3. The molecule has 0 radical (unpaired) electrons. The number of imide groups is 1. The maximum absolute atomic E-state index is 11.9. The molecule has 25 heavy (non-hydrogen) atoms. The second-order valence-electron chi connectivity index (χ2n) is 6.05. The highest BCUT2D eigenvalue weighted by Crippen LogP contribution is 2.28. The van der Waals surface area contributed by atoms with E-state index < -0.39 is 23.5 Å². The summed E-state index contributed by atoms with van der Waals surface area (Å²) in [5.41, 5.74) is -0.178. The van der Waals surface area contributed by atoms with E-state index in [0.717, 1.165) is 31.7 Å². The molecule has 1 aromatic carbocycles. The highest BCUT2D eigenvalue weighted by molar-refractivity contribution is 6.32. The van der Waals surface area contributed by atoms with Gasteiger partial charge in [0.15, 0.2) is 6.61 Å². The number of hydrogen-bond donors (Lipinski definition) is 2. The summed E-state index contributed by atoms with van der Waals surface area (Å²) in [4.78, 5) is 33.7. The molecule has 0 spiro atoms. The normalized spacial score (nSPS) is 19.8. The largest absolute Gasteiger partial charge is 0.482 e. The third-order valence-corrected chi connectivity index (χ3v) is 4.46. The zero-order valence-electron chi connectivity index (χ0n) is 13.8. The van der Waals surface area contributed by atoms with E-state index in [0.29, 0.717) is 5.92 Å². The van der Waals surface area contributed by atoms with Crippen LogP contribution in [-0.4, -0.2) is 29.5 Å². The lowest BCUT2D eigenvalue weighted by atomic mass is 9.86. The number of carbonyl (C=O) groups excluding carboxylic acids is 2. The van der Waals surface area contributed by atoms with Crippen molar-refractivity contribution < 1.29 is 19.2 Å². The first-order chi connectivity index (χ1) is 11.9. The molecule has 0 aliphatic heterocycles. The maximum atomic E-state index is 11.9. The summed E-state index contributed by atoms with van der Waals surface area (Å²) in [6, 6.07) is 3.16. The van der Waals surface area contributed by atoms with Crippen molar-refractivity contribution in [2.45, 2.75) is 38.6 Å². The van der Waals surface area contributed by atoms with Crippen molar-refractivity contribution in [3.05, 3.63) is 33.3 Å². The highest BCUT2D eigenvalue weighted by atomic mass is 35.5. The molecule has 1 saturated carbocycles. The second kappa shape index (κ2) is 8.66. The molecule has 2 rings (SSSR count). The predicted molar refractivity (Wildman–Crippen MR) is 91.7 cm³/mol. The number of carbonyl (C=O) groups is 2. The number of ether oxygens (including phenoxy) is 1. The summed E-state index contributed by atoms with van der Waals surface area (Å²) in [5, 5.41) is 15.7. The van der Waals surface area contributed by atoms with E-state index in [2.05, 4.69) is 17.6 Å². The SMILES string of the molecule is C[C@H]1CCCC[C@H]1NC(=O)NC(=O)COc1ccc([N+](=O)[O-])cc1Cl. The lowest BCUT2D eigenvalue weighted by Crippen LogP contribution is -2.48. The molecule has 8 nitrogen and oxygen atoms in total. The van der Waals surface area contributed by atoms with Crippen LogP contribution in [0.25, 0.3) is 0 Å². The third kappa shape index (κ3) is 5.60. The molecule has 1 aliphatic carbocycles. The molecule has 136 valence electrons. The van der Waals surface area contributed by atoms with Crippen LogP contribution in [0.5, 0.6) is 5.75 Å². The number of halogens is 1. The molecule has 1 aliphatic rings. The van der Waals surface area contributed by atoms with Crippen molar-refractivity contribution in [3.63, 3.8) is 0 Å². The number of non-ortho nitro benzene ring substituents is 1. The second-order valence-corrected chi connectivity index (χ2v) is 6.46. The van der Waals surface area contributed by atoms with Gasteiger partial charge in [0.2, 0.25) is 0 Å². The molecule has 1 fully saturated rings. The molecule has 1 aromatic rings. The van der Waals surface area contributed by atoms with E-state index in [1.165, 1.54) is 12.1 Å². The zero-order valence-corrected chi connectivity index (χ0v) is 14.5. The van der Waals surface area contributed by atoms with E-state index in [1.807, 2.05) is 0 Å². The van der Waals surface area contributed by atoms with Gasteiger partial charge in [0.1, 0.15) is 5.75 Å². The highest BCUT2D eigenvalue weighted by Gasteiger charge is 2.23. The first kappa shape index (κ1) is 19.0. The molecule has 0 unspecified atom stereocenters. The van der Waals surface area contributed by atoms with E-state index in [1.54, 1.807) is 0 Å². The summed E-state index contributed by atoms with van der Waals surface area (Å²) in [6.07, 6.45) is 4.17. The molecule has 3 amide bonds. The Balaban J connectivity index is 1.80. The predicted octanol–water partition coefficient (Wildman–Crippen LogP) is 3.03. The van der Waals surface area contributed by atoms with Crippen molar-refractivity contribution in [1.82, 2.24) is 10.6 Å². The van der Waals surface area contributed by atoms with Crippen LogP contribution in [-0.2, 0) is 4.79 Å². The molecule has 9 heteroatoms. The molecular weight excluding hydrogens is 350 g/mol.